The second-order valence-corrected chi connectivity index (χ2v) is 6.18. The van der Waals surface area contributed by atoms with Crippen LogP contribution in [0.25, 0.3) is 0 Å². The number of Topliss-reactive ketones (excluding diaryl/α,β-unsaturated/α-hetero) is 1. The lowest BCUT2D eigenvalue weighted by Gasteiger charge is -2.32. The molecule has 0 amide bonds. The van der Waals surface area contributed by atoms with E-state index >= 15 is 0 Å². The molecule has 2 atom stereocenters. The van der Waals surface area contributed by atoms with Gasteiger partial charge in [0.1, 0.15) is 5.78 Å². The lowest BCUT2D eigenvalue weighted by Crippen LogP contribution is -2.37. The number of hydrogen-bond donors (Lipinski definition) is 0. The molecule has 0 spiro atoms. The maximum Gasteiger partial charge on any atom is 0.392 e. The molecule has 1 aliphatic carbocycles. The Labute approximate surface area is 127 Å². The molecule has 0 bridgehead atoms. The average molecular weight is 319 g/mol. The molecule has 1 fully saturated rings. The molecule has 0 N–H and O–H groups in total. The van der Waals surface area contributed by atoms with E-state index in [1.165, 1.54) is 0 Å². The topological polar surface area (TPSA) is 17.1 Å². The van der Waals surface area contributed by atoms with Gasteiger partial charge in [0, 0.05) is 17.4 Å². The number of carbonyl (C=O) groups excluding carboxylic acids is 1. The van der Waals surface area contributed by atoms with Gasteiger partial charge in [0.15, 0.2) is 0 Å². The number of hydrogen-bond acceptors (Lipinski definition) is 1. The van der Waals surface area contributed by atoms with Crippen molar-refractivity contribution in [2.24, 2.45) is 11.8 Å². The molecule has 0 saturated heterocycles. The first-order valence-corrected chi connectivity index (χ1v) is 7.51. The van der Waals surface area contributed by atoms with Crippen molar-refractivity contribution in [2.75, 3.05) is 0 Å². The van der Waals surface area contributed by atoms with E-state index in [2.05, 4.69) is 0 Å². The lowest BCUT2D eigenvalue weighted by atomic mass is 9.75. The Morgan fingerprint density at radius 3 is 2.57 bits per heavy atom. The predicted octanol–water partition coefficient (Wildman–Crippen LogP) is 5.13. The minimum absolute atomic E-state index is 0.0175. The minimum atomic E-state index is -4.29. The van der Waals surface area contributed by atoms with E-state index in [-0.39, 0.29) is 18.6 Å². The zero-order valence-corrected chi connectivity index (χ0v) is 12.6. The van der Waals surface area contributed by atoms with Crippen LogP contribution < -0.4 is 0 Å². The smallest absolute Gasteiger partial charge is 0.299 e. The maximum absolute atomic E-state index is 13.0. The number of ketones is 1. The molecular weight excluding hydrogens is 301 g/mol. The van der Waals surface area contributed by atoms with Crippen molar-refractivity contribution in [1.82, 2.24) is 0 Å². The summed E-state index contributed by atoms with van der Waals surface area (Å²) in [5, 5.41) is 0.447. The first-order valence-electron chi connectivity index (χ1n) is 7.13. The molecule has 1 aliphatic rings. The molecule has 1 saturated carbocycles. The fourth-order valence-electron chi connectivity index (χ4n) is 3.02. The van der Waals surface area contributed by atoms with Crippen molar-refractivity contribution >= 4 is 17.4 Å². The van der Waals surface area contributed by atoms with Gasteiger partial charge in [-0.15, -0.1) is 0 Å². The van der Waals surface area contributed by atoms with Gasteiger partial charge < -0.3 is 0 Å². The van der Waals surface area contributed by atoms with Crippen LogP contribution in [-0.4, -0.2) is 12.0 Å². The summed E-state index contributed by atoms with van der Waals surface area (Å²) in [7, 11) is 0. The van der Waals surface area contributed by atoms with Crippen LogP contribution in [0.5, 0.6) is 0 Å². The highest BCUT2D eigenvalue weighted by Crippen LogP contribution is 2.42. The van der Waals surface area contributed by atoms with E-state index in [0.29, 0.717) is 29.8 Å². The molecule has 116 valence electrons. The monoisotopic (exact) mass is 318 g/mol. The number of carbonyl (C=O) groups is 1. The Hall–Kier alpha value is -1.03. The quantitative estimate of drug-likeness (QED) is 0.755. The van der Waals surface area contributed by atoms with E-state index in [1.807, 2.05) is 13.0 Å². The summed E-state index contributed by atoms with van der Waals surface area (Å²) in [6, 6.07) is 5.27. The van der Waals surface area contributed by atoms with Crippen LogP contribution in [0.15, 0.2) is 18.2 Å². The second-order valence-electron chi connectivity index (χ2n) is 5.78. The summed E-state index contributed by atoms with van der Waals surface area (Å²) in [5.41, 5.74) is 1.57. The maximum atomic E-state index is 13.0. The SMILES string of the molecule is Cc1ccc(CC(=O)C2CCCCC2C(F)(F)F)c(Cl)c1. The molecule has 2 unspecified atom stereocenters. The summed E-state index contributed by atoms with van der Waals surface area (Å²) < 4.78 is 39.1. The number of halogens is 4. The second kappa shape index (κ2) is 6.39. The van der Waals surface area contributed by atoms with Gasteiger partial charge in [0.2, 0.25) is 0 Å². The fourth-order valence-corrected chi connectivity index (χ4v) is 3.32. The van der Waals surface area contributed by atoms with Crippen LogP contribution >= 0.6 is 11.6 Å². The molecule has 5 heteroatoms. The molecule has 1 nitrogen and oxygen atoms in total. The third-order valence-corrected chi connectivity index (χ3v) is 4.53. The highest BCUT2D eigenvalue weighted by Gasteiger charge is 2.47. The Balaban J connectivity index is 2.14. The van der Waals surface area contributed by atoms with Crippen LogP contribution in [0.3, 0.4) is 0 Å². The van der Waals surface area contributed by atoms with Gasteiger partial charge in [-0.2, -0.15) is 13.2 Å². The Kier molecular flexibility index (Phi) is 4.97. The van der Waals surface area contributed by atoms with Crippen LogP contribution in [0.2, 0.25) is 5.02 Å². The van der Waals surface area contributed by atoms with E-state index in [1.54, 1.807) is 12.1 Å². The van der Waals surface area contributed by atoms with Gasteiger partial charge in [0.25, 0.3) is 0 Å². The van der Waals surface area contributed by atoms with E-state index in [9.17, 15) is 18.0 Å². The Morgan fingerprint density at radius 2 is 1.95 bits per heavy atom. The standard InChI is InChI=1S/C16H18ClF3O/c1-10-6-7-11(14(17)8-10)9-15(21)12-4-2-3-5-13(12)16(18,19)20/h6-8,12-13H,2-5,9H2,1H3. The van der Waals surface area contributed by atoms with Gasteiger partial charge >= 0.3 is 6.18 Å². The van der Waals surface area contributed by atoms with Crippen molar-refractivity contribution in [2.45, 2.75) is 45.2 Å². The van der Waals surface area contributed by atoms with Crippen molar-refractivity contribution in [1.29, 1.82) is 0 Å². The third-order valence-electron chi connectivity index (χ3n) is 4.17. The summed E-state index contributed by atoms with van der Waals surface area (Å²) in [6.07, 6.45) is -2.70. The molecule has 0 heterocycles. The van der Waals surface area contributed by atoms with Gasteiger partial charge in [-0.3, -0.25) is 4.79 Å². The molecule has 2 rings (SSSR count). The number of alkyl halides is 3. The number of rotatable bonds is 3. The van der Waals surface area contributed by atoms with Crippen molar-refractivity contribution < 1.29 is 18.0 Å². The molecule has 21 heavy (non-hydrogen) atoms. The molecule has 0 aliphatic heterocycles. The summed E-state index contributed by atoms with van der Waals surface area (Å²) in [6.45, 7) is 1.87. The molecule has 0 aromatic heterocycles. The molecule has 1 aromatic carbocycles. The normalized spacial score (nSPS) is 23.1. The highest BCUT2D eigenvalue weighted by molar-refractivity contribution is 6.31. The van der Waals surface area contributed by atoms with Crippen molar-refractivity contribution in [3.8, 4) is 0 Å². The van der Waals surface area contributed by atoms with Crippen LogP contribution in [0, 0.1) is 18.8 Å². The van der Waals surface area contributed by atoms with E-state index in [4.69, 9.17) is 11.6 Å². The molecule has 0 radical (unpaired) electrons. The Morgan fingerprint density at radius 1 is 1.29 bits per heavy atom. The molecular formula is C16H18ClF3O. The van der Waals surface area contributed by atoms with Gasteiger partial charge in [0.05, 0.1) is 5.92 Å². The highest BCUT2D eigenvalue weighted by atomic mass is 35.5. The van der Waals surface area contributed by atoms with Crippen LogP contribution in [0.1, 0.15) is 36.8 Å². The largest absolute Gasteiger partial charge is 0.392 e. The van der Waals surface area contributed by atoms with Crippen molar-refractivity contribution in [3.63, 3.8) is 0 Å². The fraction of sp³-hybridized carbons (Fsp3) is 0.562. The summed E-state index contributed by atoms with van der Waals surface area (Å²) in [5.74, 6) is -2.76. The average Bonchev–Trinajstić information content (AvgIpc) is 2.41. The minimum Gasteiger partial charge on any atom is -0.299 e. The first-order chi connectivity index (χ1) is 9.79. The van der Waals surface area contributed by atoms with Gasteiger partial charge in [-0.25, -0.2) is 0 Å². The lowest BCUT2D eigenvalue weighted by molar-refractivity contribution is -0.197. The number of aryl methyl sites for hydroxylation is 1. The number of benzene rings is 1. The summed E-state index contributed by atoms with van der Waals surface area (Å²) >= 11 is 6.06. The van der Waals surface area contributed by atoms with Gasteiger partial charge in [-0.05, 0) is 37.0 Å². The van der Waals surface area contributed by atoms with Gasteiger partial charge in [-0.1, -0.05) is 36.6 Å². The van der Waals surface area contributed by atoms with Crippen molar-refractivity contribution in [3.05, 3.63) is 34.3 Å². The zero-order chi connectivity index (χ0) is 15.6. The molecule has 1 aromatic rings. The van der Waals surface area contributed by atoms with Crippen LogP contribution in [-0.2, 0) is 11.2 Å². The Bertz CT molecular complexity index is 525. The van der Waals surface area contributed by atoms with Crippen LogP contribution in [0.4, 0.5) is 13.2 Å². The predicted molar refractivity (Wildman–Crippen MR) is 76.4 cm³/mol. The third kappa shape index (κ3) is 4.00. The van der Waals surface area contributed by atoms with E-state index in [0.717, 1.165) is 5.56 Å². The first kappa shape index (κ1) is 16.3. The zero-order valence-electron chi connectivity index (χ0n) is 11.8. The van der Waals surface area contributed by atoms with E-state index < -0.39 is 18.0 Å². The summed E-state index contributed by atoms with van der Waals surface area (Å²) in [4.78, 5) is 12.3.